The molecule has 0 radical (unpaired) electrons. The minimum atomic E-state index is 0.150. The Kier molecular flexibility index (Phi) is 5.55. The minimum Gasteiger partial charge on any atom is -0.381 e. The monoisotopic (exact) mass is 329 g/mol. The maximum Gasteiger partial charge on any atom is 0.0476 e. The summed E-state index contributed by atoms with van der Waals surface area (Å²) in [5.74, 6) is 0. The molecule has 2 N–H and O–H groups in total. The molecule has 0 aliphatic carbocycles. The molecule has 1 aromatic rings. The third-order valence-corrected chi connectivity index (χ3v) is 5.75. The van der Waals surface area contributed by atoms with Crippen LogP contribution in [0.25, 0.3) is 0 Å². The van der Waals surface area contributed by atoms with E-state index in [0.717, 1.165) is 30.5 Å². The molecule has 0 amide bonds. The maximum atomic E-state index is 6.18. The van der Waals surface area contributed by atoms with Gasteiger partial charge in [-0.1, -0.05) is 34.1 Å². The first-order valence-corrected chi connectivity index (χ1v) is 8.15. The van der Waals surface area contributed by atoms with Gasteiger partial charge in [0.2, 0.25) is 0 Å². The molecule has 1 aromatic carbocycles. The van der Waals surface area contributed by atoms with Crippen molar-refractivity contribution in [2.45, 2.75) is 36.3 Å². The van der Waals surface area contributed by atoms with Crippen molar-refractivity contribution >= 4 is 27.7 Å². The van der Waals surface area contributed by atoms with Gasteiger partial charge in [-0.15, -0.1) is 11.8 Å². The van der Waals surface area contributed by atoms with Crippen molar-refractivity contribution in [3.05, 3.63) is 34.3 Å². The predicted octanol–water partition coefficient (Wildman–Crippen LogP) is 3.75. The third-order valence-electron chi connectivity index (χ3n) is 3.20. The number of thioether (sulfide) groups is 1. The smallest absolute Gasteiger partial charge is 0.0476 e. The van der Waals surface area contributed by atoms with Crippen LogP contribution in [0.4, 0.5) is 0 Å². The molecule has 1 saturated heterocycles. The third kappa shape index (κ3) is 3.73. The van der Waals surface area contributed by atoms with E-state index >= 15 is 0 Å². The summed E-state index contributed by atoms with van der Waals surface area (Å²) in [6.45, 7) is 3.87. The van der Waals surface area contributed by atoms with Gasteiger partial charge in [-0.05, 0) is 31.4 Å². The minimum absolute atomic E-state index is 0.150. The highest BCUT2D eigenvalue weighted by Crippen LogP contribution is 2.40. The summed E-state index contributed by atoms with van der Waals surface area (Å²) in [6.07, 6.45) is 2.27. The zero-order valence-electron chi connectivity index (χ0n) is 10.6. The van der Waals surface area contributed by atoms with Gasteiger partial charge < -0.3 is 10.5 Å². The van der Waals surface area contributed by atoms with Gasteiger partial charge in [0.25, 0.3) is 0 Å². The SMILES string of the molecule is CC(N)C(SC1CCOCC1)c1ccccc1Br. The molecule has 1 aliphatic rings. The van der Waals surface area contributed by atoms with Crippen molar-refractivity contribution in [3.8, 4) is 0 Å². The molecule has 2 atom stereocenters. The van der Waals surface area contributed by atoms with Crippen LogP contribution in [0, 0.1) is 0 Å². The Morgan fingerprint density at radius 3 is 2.61 bits per heavy atom. The van der Waals surface area contributed by atoms with Gasteiger partial charge in [-0.2, -0.15) is 0 Å². The van der Waals surface area contributed by atoms with Gasteiger partial charge in [0.1, 0.15) is 0 Å². The molecule has 2 rings (SSSR count). The van der Waals surface area contributed by atoms with E-state index in [0.29, 0.717) is 10.5 Å². The Balaban J connectivity index is 2.10. The fourth-order valence-corrected chi connectivity index (χ4v) is 4.37. The lowest BCUT2D eigenvalue weighted by molar-refractivity contribution is 0.0999. The summed E-state index contributed by atoms with van der Waals surface area (Å²) in [4.78, 5) is 0. The lowest BCUT2D eigenvalue weighted by Crippen LogP contribution is -2.27. The Morgan fingerprint density at radius 2 is 2.00 bits per heavy atom. The molecule has 18 heavy (non-hydrogen) atoms. The summed E-state index contributed by atoms with van der Waals surface area (Å²) in [5, 5.41) is 1.02. The first kappa shape index (κ1) is 14.4. The normalized spacial score (nSPS) is 20.6. The average molecular weight is 330 g/mol. The molecule has 1 fully saturated rings. The second kappa shape index (κ2) is 6.94. The van der Waals surface area contributed by atoms with E-state index in [1.807, 2.05) is 17.8 Å². The standard InChI is InChI=1S/C14H20BrNOS/c1-10(16)14(12-4-2-3-5-13(12)15)18-11-6-8-17-9-7-11/h2-5,10-11,14H,6-9,16H2,1H3. The van der Waals surface area contributed by atoms with Crippen molar-refractivity contribution in [1.82, 2.24) is 0 Å². The number of hydrogen-bond donors (Lipinski definition) is 1. The Labute approximate surface area is 122 Å². The molecule has 0 saturated carbocycles. The van der Waals surface area contributed by atoms with E-state index in [4.69, 9.17) is 10.5 Å². The number of rotatable bonds is 4. The van der Waals surface area contributed by atoms with Crippen LogP contribution in [-0.4, -0.2) is 24.5 Å². The van der Waals surface area contributed by atoms with Gasteiger partial charge in [-0.3, -0.25) is 0 Å². The Bertz CT molecular complexity index is 380. The van der Waals surface area contributed by atoms with Crippen LogP contribution in [0.1, 0.15) is 30.6 Å². The number of benzene rings is 1. The summed E-state index contributed by atoms with van der Waals surface area (Å²) in [5.41, 5.74) is 7.49. The molecule has 0 spiro atoms. The molecule has 100 valence electrons. The van der Waals surface area contributed by atoms with E-state index in [1.54, 1.807) is 0 Å². The summed E-state index contributed by atoms with van der Waals surface area (Å²) < 4.78 is 6.58. The summed E-state index contributed by atoms with van der Waals surface area (Å²) in [6, 6.07) is 8.54. The second-order valence-electron chi connectivity index (χ2n) is 4.75. The van der Waals surface area contributed by atoms with Crippen LogP contribution >= 0.6 is 27.7 Å². The number of nitrogens with two attached hydrogens (primary N) is 1. The zero-order chi connectivity index (χ0) is 13.0. The lowest BCUT2D eigenvalue weighted by Gasteiger charge is -2.29. The van der Waals surface area contributed by atoms with Crippen LogP contribution in [0.3, 0.4) is 0 Å². The van der Waals surface area contributed by atoms with Crippen LogP contribution in [0.15, 0.2) is 28.7 Å². The predicted molar refractivity (Wildman–Crippen MR) is 82.0 cm³/mol. The largest absolute Gasteiger partial charge is 0.381 e. The fraction of sp³-hybridized carbons (Fsp3) is 0.571. The van der Waals surface area contributed by atoms with Crippen LogP contribution < -0.4 is 5.73 Å². The van der Waals surface area contributed by atoms with E-state index in [2.05, 4.69) is 41.1 Å². The van der Waals surface area contributed by atoms with Crippen LogP contribution in [0.5, 0.6) is 0 Å². The van der Waals surface area contributed by atoms with Crippen molar-refractivity contribution in [2.24, 2.45) is 5.73 Å². The molecular formula is C14H20BrNOS. The van der Waals surface area contributed by atoms with E-state index < -0.39 is 0 Å². The van der Waals surface area contributed by atoms with Gasteiger partial charge >= 0.3 is 0 Å². The van der Waals surface area contributed by atoms with Crippen LogP contribution in [0.2, 0.25) is 0 Å². The van der Waals surface area contributed by atoms with E-state index in [-0.39, 0.29) is 6.04 Å². The quantitative estimate of drug-likeness (QED) is 0.913. The average Bonchev–Trinajstić information content (AvgIpc) is 2.38. The van der Waals surface area contributed by atoms with Crippen molar-refractivity contribution in [1.29, 1.82) is 0 Å². The highest BCUT2D eigenvalue weighted by Gasteiger charge is 2.24. The molecule has 1 aliphatic heterocycles. The lowest BCUT2D eigenvalue weighted by atomic mass is 10.1. The molecule has 1 heterocycles. The van der Waals surface area contributed by atoms with Crippen molar-refractivity contribution < 1.29 is 4.74 Å². The molecule has 0 aromatic heterocycles. The van der Waals surface area contributed by atoms with Gasteiger partial charge in [0, 0.05) is 34.2 Å². The molecule has 0 bridgehead atoms. The highest BCUT2D eigenvalue weighted by atomic mass is 79.9. The van der Waals surface area contributed by atoms with Gasteiger partial charge in [0.15, 0.2) is 0 Å². The Hall–Kier alpha value is -0.0300. The van der Waals surface area contributed by atoms with Gasteiger partial charge in [-0.25, -0.2) is 0 Å². The van der Waals surface area contributed by atoms with Gasteiger partial charge in [0.05, 0.1) is 0 Å². The maximum absolute atomic E-state index is 6.18. The first-order valence-electron chi connectivity index (χ1n) is 6.41. The molecule has 2 nitrogen and oxygen atoms in total. The van der Waals surface area contributed by atoms with E-state index in [9.17, 15) is 0 Å². The number of ether oxygens (including phenoxy) is 1. The summed E-state index contributed by atoms with van der Waals surface area (Å²) >= 11 is 5.64. The van der Waals surface area contributed by atoms with E-state index in [1.165, 1.54) is 5.56 Å². The topological polar surface area (TPSA) is 35.2 Å². The zero-order valence-corrected chi connectivity index (χ0v) is 13.0. The summed E-state index contributed by atoms with van der Waals surface area (Å²) in [7, 11) is 0. The number of hydrogen-bond acceptors (Lipinski definition) is 3. The number of halogens is 1. The second-order valence-corrected chi connectivity index (χ2v) is 7.05. The molecule has 4 heteroatoms. The Morgan fingerprint density at radius 1 is 1.33 bits per heavy atom. The highest BCUT2D eigenvalue weighted by molar-refractivity contribution is 9.10. The van der Waals surface area contributed by atoms with Crippen molar-refractivity contribution in [3.63, 3.8) is 0 Å². The van der Waals surface area contributed by atoms with Crippen molar-refractivity contribution in [2.75, 3.05) is 13.2 Å². The molecular weight excluding hydrogens is 310 g/mol. The van der Waals surface area contributed by atoms with Crippen LogP contribution in [-0.2, 0) is 4.74 Å². The molecule has 2 unspecified atom stereocenters. The first-order chi connectivity index (χ1) is 8.68. The fourth-order valence-electron chi connectivity index (χ4n) is 2.21.